The fraction of sp³-hybridized carbons (Fsp3) is 0.400. The number of hydrogen-bond donors (Lipinski definition) is 3. The number of anilines is 1. The third kappa shape index (κ3) is 5.77. The minimum absolute atomic E-state index is 0.00349. The highest BCUT2D eigenvalue weighted by atomic mass is 35.5. The molecule has 1 rings (SSSR count). The molecule has 0 aromatic heterocycles. The average molecular weight is 363 g/mol. The molecule has 0 fully saturated rings. The van der Waals surface area contributed by atoms with Crippen LogP contribution in [0, 0.1) is 5.92 Å². The van der Waals surface area contributed by atoms with Crippen LogP contribution in [-0.2, 0) is 9.59 Å². The SMILES string of the molecule is CC(C)C(=O)Nc1ccc(Cl)c(C(=O)NC(CC(F)F)C(=O)O)c1. The predicted molar refractivity (Wildman–Crippen MR) is 84.4 cm³/mol. The maximum Gasteiger partial charge on any atom is 0.326 e. The van der Waals surface area contributed by atoms with Gasteiger partial charge in [-0.05, 0) is 18.2 Å². The summed E-state index contributed by atoms with van der Waals surface area (Å²) in [7, 11) is 0. The summed E-state index contributed by atoms with van der Waals surface area (Å²) in [5.74, 6) is -3.08. The van der Waals surface area contributed by atoms with E-state index in [2.05, 4.69) is 5.32 Å². The number of aliphatic carboxylic acids is 1. The van der Waals surface area contributed by atoms with Crippen LogP contribution >= 0.6 is 11.6 Å². The van der Waals surface area contributed by atoms with E-state index in [1.807, 2.05) is 5.32 Å². The minimum Gasteiger partial charge on any atom is -0.480 e. The number of halogens is 3. The highest BCUT2D eigenvalue weighted by Gasteiger charge is 2.25. The molecule has 0 heterocycles. The molecule has 24 heavy (non-hydrogen) atoms. The normalized spacial score (nSPS) is 12.1. The Morgan fingerprint density at radius 3 is 2.38 bits per heavy atom. The van der Waals surface area contributed by atoms with E-state index in [9.17, 15) is 23.2 Å². The molecule has 0 spiro atoms. The van der Waals surface area contributed by atoms with Crippen LogP contribution < -0.4 is 10.6 Å². The van der Waals surface area contributed by atoms with E-state index in [-0.39, 0.29) is 28.1 Å². The Hall–Kier alpha value is -2.22. The zero-order valence-corrected chi connectivity index (χ0v) is 13.7. The van der Waals surface area contributed by atoms with Crippen molar-refractivity contribution in [3.8, 4) is 0 Å². The number of carboxylic acids is 1. The van der Waals surface area contributed by atoms with Gasteiger partial charge in [0.1, 0.15) is 6.04 Å². The highest BCUT2D eigenvalue weighted by molar-refractivity contribution is 6.34. The molecule has 0 saturated carbocycles. The van der Waals surface area contributed by atoms with E-state index < -0.39 is 30.8 Å². The molecule has 1 unspecified atom stereocenters. The second kappa shape index (κ2) is 8.58. The second-order valence-corrected chi connectivity index (χ2v) is 5.74. The summed E-state index contributed by atoms with van der Waals surface area (Å²) in [6.45, 7) is 3.36. The first-order valence-electron chi connectivity index (χ1n) is 7.04. The Kier molecular flexibility index (Phi) is 7.09. The van der Waals surface area contributed by atoms with Crippen LogP contribution in [-0.4, -0.2) is 35.4 Å². The maximum absolute atomic E-state index is 12.4. The summed E-state index contributed by atoms with van der Waals surface area (Å²) >= 11 is 5.89. The summed E-state index contributed by atoms with van der Waals surface area (Å²) in [5.41, 5.74) is 0.155. The second-order valence-electron chi connectivity index (χ2n) is 5.33. The van der Waals surface area contributed by atoms with Crippen LogP contribution in [0.25, 0.3) is 0 Å². The van der Waals surface area contributed by atoms with Gasteiger partial charge in [-0.2, -0.15) is 0 Å². The minimum atomic E-state index is -2.89. The first-order valence-corrected chi connectivity index (χ1v) is 7.41. The zero-order valence-electron chi connectivity index (χ0n) is 13.0. The van der Waals surface area contributed by atoms with Gasteiger partial charge < -0.3 is 15.7 Å². The number of hydrogen-bond acceptors (Lipinski definition) is 3. The molecule has 0 aliphatic rings. The Morgan fingerprint density at radius 1 is 1.25 bits per heavy atom. The van der Waals surface area contributed by atoms with Gasteiger partial charge in [-0.3, -0.25) is 9.59 Å². The van der Waals surface area contributed by atoms with E-state index in [0.29, 0.717) is 0 Å². The molecule has 6 nitrogen and oxygen atoms in total. The summed E-state index contributed by atoms with van der Waals surface area (Å²) in [6, 6.07) is 2.31. The van der Waals surface area contributed by atoms with Gasteiger partial charge >= 0.3 is 5.97 Å². The van der Waals surface area contributed by atoms with E-state index in [4.69, 9.17) is 16.7 Å². The Labute approximate surface area is 142 Å². The summed E-state index contributed by atoms with van der Waals surface area (Å²) in [5, 5.41) is 13.4. The number of rotatable bonds is 7. The number of carboxylic acid groups (broad SMARTS) is 1. The smallest absolute Gasteiger partial charge is 0.326 e. The monoisotopic (exact) mass is 362 g/mol. The molecule has 0 radical (unpaired) electrons. The van der Waals surface area contributed by atoms with Crippen molar-refractivity contribution in [3.05, 3.63) is 28.8 Å². The van der Waals surface area contributed by atoms with Gasteiger partial charge in [0.05, 0.1) is 10.6 Å². The van der Waals surface area contributed by atoms with Crippen LogP contribution in [0.15, 0.2) is 18.2 Å². The van der Waals surface area contributed by atoms with Gasteiger partial charge in [-0.1, -0.05) is 25.4 Å². The number of carbonyl (C=O) groups is 3. The quantitative estimate of drug-likeness (QED) is 0.695. The molecule has 3 N–H and O–H groups in total. The van der Waals surface area contributed by atoms with Crippen LogP contribution in [0.5, 0.6) is 0 Å². The topological polar surface area (TPSA) is 95.5 Å². The number of carbonyl (C=O) groups excluding carboxylic acids is 2. The van der Waals surface area contributed by atoms with Gasteiger partial charge in [0.2, 0.25) is 12.3 Å². The predicted octanol–water partition coefficient (Wildman–Crippen LogP) is 2.77. The van der Waals surface area contributed by atoms with Gasteiger partial charge in [0, 0.05) is 18.0 Å². The molecule has 0 bridgehead atoms. The summed E-state index contributed by atoms with van der Waals surface area (Å²) < 4.78 is 24.7. The van der Waals surface area contributed by atoms with Crippen LogP contribution in [0.1, 0.15) is 30.6 Å². The van der Waals surface area contributed by atoms with Gasteiger partial charge in [0.25, 0.3) is 5.91 Å². The van der Waals surface area contributed by atoms with Crippen LogP contribution in [0.4, 0.5) is 14.5 Å². The Morgan fingerprint density at radius 2 is 1.88 bits per heavy atom. The van der Waals surface area contributed by atoms with E-state index in [1.165, 1.54) is 18.2 Å². The third-order valence-electron chi connectivity index (χ3n) is 3.02. The number of alkyl halides is 2. The molecule has 0 aliphatic carbocycles. The van der Waals surface area contributed by atoms with E-state index >= 15 is 0 Å². The van der Waals surface area contributed by atoms with Crippen molar-refractivity contribution in [2.45, 2.75) is 32.7 Å². The first kappa shape index (κ1) is 19.8. The lowest BCUT2D eigenvalue weighted by Crippen LogP contribution is -2.42. The molecule has 0 saturated heterocycles. The molecular formula is C15H17ClF2N2O4. The molecule has 1 aromatic rings. The number of nitrogens with one attached hydrogen (secondary N) is 2. The number of benzene rings is 1. The fourth-order valence-corrected chi connectivity index (χ4v) is 1.90. The average Bonchev–Trinajstić information content (AvgIpc) is 2.47. The zero-order chi connectivity index (χ0) is 18.4. The lowest BCUT2D eigenvalue weighted by molar-refractivity contribution is -0.140. The van der Waals surface area contributed by atoms with Crippen molar-refractivity contribution in [2.75, 3.05) is 5.32 Å². The van der Waals surface area contributed by atoms with Crippen LogP contribution in [0.3, 0.4) is 0 Å². The molecule has 1 aromatic carbocycles. The maximum atomic E-state index is 12.4. The largest absolute Gasteiger partial charge is 0.480 e. The van der Waals surface area contributed by atoms with Crippen molar-refractivity contribution in [1.29, 1.82) is 0 Å². The van der Waals surface area contributed by atoms with Crippen molar-refractivity contribution in [3.63, 3.8) is 0 Å². The lowest BCUT2D eigenvalue weighted by Gasteiger charge is -2.15. The van der Waals surface area contributed by atoms with Crippen molar-refractivity contribution in [2.24, 2.45) is 5.92 Å². The van der Waals surface area contributed by atoms with Gasteiger partial charge in [0.15, 0.2) is 0 Å². The highest BCUT2D eigenvalue weighted by Crippen LogP contribution is 2.21. The van der Waals surface area contributed by atoms with Crippen molar-refractivity contribution < 1.29 is 28.3 Å². The summed E-state index contributed by atoms with van der Waals surface area (Å²) in [6.07, 6.45) is -3.92. The molecule has 0 aliphatic heterocycles. The van der Waals surface area contributed by atoms with Gasteiger partial charge in [-0.15, -0.1) is 0 Å². The third-order valence-corrected chi connectivity index (χ3v) is 3.35. The first-order chi connectivity index (χ1) is 11.1. The molecule has 9 heteroatoms. The standard InChI is InChI=1S/C15H17ClF2N2O4/c1-7(2)13(21)19-8-3-4-10(16)9(5-8)14(22)20-11(15(23)24)6-12(17)18/h3-5,7,11-12H,6H2,1-2H3,(H,19,21)(H,20,22)(H,23,24). The van der Waals surface area contributed by atoms with E-state index in [1.54, 1.807) is 13.8 Å². The number of amides is 2. The Bertz CT molecular complexity index is 638. The van der Waals surface area contributed by atoms with Crippen molar-refractivity contribution in [1.82, 2.24) is 5.32 Å². The molecule has 2 amide bonds. The lowest BCUT2D eigenvalue weighted by atomic mass is 10.1. The van der Waals surface area contributed by atoms with Gasteiger partial charge in [-0.25, -0.2) is 13.6 Å². The summed E-state index contributed by atoms with van der Waals surface area (Å²) in [4.78, 5) is 34.7. The van der Waals surface area contributed by atoms with Crippen LogP contribution in [0.2, 0.25) is 5.02 Å². The van der Waals surface area contributed by atoms with Crippen molar-refractivity contribution >= 4 is 35.1 Å². The fourth-order valence-electron chi connectivity index (χ4n) is 1.70. The van der Waals surface area contributed by atoms with E-state index in [0.717, 1.165) is 0 Å². The molecule has 132 valence electrons. The molecule has 1 atom stereocenters. The Balaban J connectivity index is 2.96. The molecular weight excluding hydrogens is 346 g/mol.